The summed E-state index contributed by atoms with van der Waals surface area (Å²) in [4.78, 5) is 16.6. The SMILES string of the molecule is O=C(NC(=Nc1ccccc1)c1ccco1)Nc1ccccc1. The van der Waals surface area contributed by atoms with Crippen molar-refractivity contribution in [2.75, 3.05) is 5.32 Å². The summed E-state index contributed by atoms with van der Waals surface area (Å²) in [5.41, 5.74) is 1.42. The molecule has 0 aliphatic carbocycles. The van der Waals surface area contributed by atoms with Gasteiger partial charge in [-0.1, -0.05) is 36.4 Å². The van der Waals surface area contributed by atoms with E-state index < -0.39 is 0 Å². The van der Waals surface area contributed by atoms with Crippen molar-refractivity contribution in [1.29, 1.82) is 0 Å². The van der Waals surface area contributed by atoms with Crippen molar-refractivity contribution >= 4 is 23.2 Å². The second-order valence-electron chi connectivity index (χ2n) is 4.72. The third-order valence-electron chi connectivity index (χ3n) is 3.02. The molecule has 5 nitrogen and oxygen atoms in total. The average Bonchev–Trinajstić information content (AvgIpc) is 3.10. The summed E-state index contributed by atoms with van der Waals surface area (Å²) in [6, 6.07) is 21.6. The number of hydrogen-bond donors (Lipinski definition) is 2. The van der Waals surface area contributed by atoms with Gasteiger partial charge in [0.2, 0.25) is 0 Å². The van der Waals surface area contributed by atoms with Gasteiger partial charge in [-0.2, -0.15) is 0 Å². The van der Waals surface area contributed by atoms with Crippen molar-refractivity contribution < 1.29 is 9.21 Å². The summed E-state index contributed by atoms with van der Waals surface area (Å²) >= 11 is 0. The molecule has 0 fully saturated rings. The molecule has 1 heterocycles. The Labute approximate surface area is 133 Å². The molecule has 0 saturated heterocycles. The third-order valence-corrected chi connectivity index (χ3v) is 3.02. The van der Waals surface area contributed by atoms with Gasteiger partial charge in [0.05, 0.1) is 12.0 Å². The zero-order chi connectivity index (χ0) is 15.9. The van der Waals surface area contributed by atoms with Crippen molar-refractivity contribution in [2.24, 2.45) is 4.99 Å². The van der Waals surface area contributed by atoms with Crippen LogP contribution in [0.15, 0.2) is 88.5 Å². The minimum Gasteiger partial charge on any atom is -0.461 e. The minimum atomic E-state index is -0.387. The lowest BCUT2D eigenvalue weighted by molar-refractivity contribution is 0.256. The fraction of sp³-hybridized carbons (Fsp3) is 0. The lowest BCUT2D eigenvalue weighted by atomic mass is 10.3. The highest BCUT2D eigenvalue weighted by Gasteiger charge is 2.11. The molecule has 0 atom stereocenters. The Hall–Kier alpha value is -3.34. The maximum Gasteiger partial charge on any atom is 0.324 e. The number of rotatable bonds is 3. The number of carbonyl (C=O) groups excluding carboxylic acids is 1. The molecule has 2 amide bonds. The molecule has 0 bridgehead atoms. The van der Waals surface area contributed by atoms with Crippen molar-refractivity contribution in [2.45, 2.75) is 0 Å². The predicted octanol–water partition coefficient (Wildman–Crippen LogP) is 4.18. The van der Waals surface area contributed by atoms with E-state index in [2.05, 4.69) is 15.6 Å². The van der Waals surface area contributed by atoms with E-state index >= 15 is 0 Å². The van der Waals surface area contributed by atoms with Crippen LogP contribution >= 0.6 is 0 Å². The summed E-state index contributed by atoms with van der Waals surface area (Å²) in [5, 5.41) is 5.47. The first-order valence-electron chi connectivity index (χ1n) is 7.12. The van der Waals surface area contributed by atoms with Gasteiger partial charge in [0.1, 0.15) is 0 Å². The zero-order valence-electron chi connectivity index (χ0n) is 12.3. The van der Waals surface area contributed by atoms with Gasteiger partial charge in [-0.15, -0.1) is 0 Å². The van der Waals surface area contributed by atoms with Crippen LogP contribution in [-0.2, 0) is 0 Å². The number of amides is 2. The predicted molar refractivity (Wildman–Crippen MR) is 89.9 cm³/mol. The van der Waals surface area contributed by atoms with Gasteiger partial charge in [0, 0.05) is 5.69 Å². The number of carbonyl (C=O) groups is 1. The molecule has 3 aromatic rings. The second-order valence-corrected chi connectivity index (χ2v) is 4.72. The van der Waals surface area contributed by atoms with Crippen LogP contribution in [0.4, 0.5) is 16.2 Å². The zero-order valence-corrected chi connectivity index (χ0v) is 12.3. The largest absolute Gasteiger partial charge is 0.461 e. The van der Waals surface area contributed by atoms with Crippen LogP contribution in [0.25, 0.3) is 0 Å². The molecule has 23 heavy (non-hydrogen) atoms. The smallest absolute Gasteiger partial charge is 0.324 e. The second kappa shape index (κ2) is 7.09. The van der Waals surface area contributed by atoms with Crippen molar-refractivity contribution in [3.8, 4) is 0 Å². The molecule has 0 radical (unpaired) electrons. The Kier molecular flexibility index (Phi) is 4.49. The molecule has 114 valence electrons. The first kappa shape index (κ1) is 14.6. The van der Waals surface area contributed by atoms with Gasteiger partial charge in [-0.3, -0.25) is 5.32 Å². The topological polar surface area (TPSA) is 66.6 Å². The molecule has 1 aromatic heterocycles. The molecule has 5 heteroatoms. The first-order chi connectivity index (χ1) is 11.3. The first-order valence-corrected chi connectivity index (χ1v) is 7.12. The molecule has 2 aromatic carbocycles. The Bertz CT molecular complexity index is 782. The highest BCUT2D eigenvalue weighted by atomic mass is 16.3. The molecule has 0 saturated carbocycles. The number of anilines is 1. The van der Waals surface area contributed by atoms with Gasteiger partial charge >= 0.3 is 6.03 Å². The van der Waals surface area contributed by atoms with Crippen LogP contribution in [0.1, 0.15) is 5.76 Å². The summed E-state index contributed by atoms with van der Waals surface area (Å²) in [6.45, 7) is 0. The molecule has 0 aliphatic rings. The fourth-order valence-corrected chi connectivity index (χ4v) is 1.98. The number of benzene rings is 2. The number of urea groups is 1. The number of hydrogen-bond acceptors (Lipinski definition) is 3. The van der Waals surface area contributed by atoms with Crippen LogP contribution < -0.4 is 10.6 Å². The van der Waals surface area contributed by atoms with Gasteiger partial charge < -0.3 is 9.73 Å². The van der Waals surface area contributed by atoms with Gasteiger partial charge in [0.25, 0.3) is 0 Å². The molecule has 0 spiro atoms. The highest BCUT2D eigenvalue weighted by Crippen LogP contribution is 2.13. The van der Waals surface area contributed by atoms with Crippen LogP contribution in [0.5, 0.6) is 0 Å². The quantitative estimate of drug-likeness (QED) is 0.563. The number of amidine groups is 1. The Morgan fingerprint density at radius 3 is 2.22 bits per heavy atom. The van der Waals surface area contributed by atoms with Gasteiger partial charge in [-0.25, -0.2) is 9.79 Å². The standard InChI is InChI=1S/C18H15N3O2/c22-18(20-15-10-5-2-6-11-15)21-17(16-12-7-13-23-16)19-14-8-3-1-4-9-14/h1-13H,(H2,19,20,21,22). The number of nitrogens with one attached hydrogen (secondary N) is 2. The van der Waals surface area contributed by atoms with E-state index in [4.69, 9.17) is 4.42 Å². The highest BCUT2D eigenvalue weighted by molar-refractivity contribution is 6.10. The van der Waals surface area contributed by atoms with Crippen LogP contribution in [-0.4, -0.2) is 11.9 Å². The van der Waals surface area contributed by atoms with E-state index in [-0.39, 0.29) is 6.03 Å². The summed E-state index contributed by atoms with van der Waals surface area (Å²) < 4.78 is 5.35. The normalized spacial score (nSPS) is 11.0. The maximum absolute atomic E-state index is 12.2. The molecule has 3 rings (SSSR count). The molecular formula is C18H15N3O2. The fourth-order valence-electron chi connectivity index (χ4n) is 1.98. The van der Waals surface area contributed by atoms with E-state index in [1.54, 1.807) is 24.3 Å². The van der Waals surface area contributed by atoms with E-state index in [1.807, 2.05) is 48.5 Å². The molecule has 0 aliphatic heterocycles. The van der Waals surface area contributed by atoms with E-state index in [0.29, 0.717) is 17.3 Å². The van der Waals surface area contributed by atoms with Crippen molar-refractivity contribution in [3.63, 3.8) is 0 Å². The number of aliphatic imine (C=N–C) groups is 1. The monoisotopic (exact) mass is 305 g/mol. The Morgan fingerprint density at radius 1 is 0.870 bits per heavy atom. The lowest BCUT2D eigenvalue weighted by Crippen LogP contribution is -2.34. The summed E-state index contributed by atoms with van der Waals surface area (Å²) in [7, 11) is 0. The van der Waals surface area contributed by atoms with Crippen LogP contribution in [0.3, 0.4) is 0 Å². The van der Waals surface area contributed by atoms with Gasteiger partial charge in [0.15, 0.2) is 11.6 Å². The Morgan fingerprint density at radius 2 is 1.57 bits per heavy atom. The van der Waals surface area contributed by atoms with Gasteiger partial charge in [-0.05, 0) is 36.4 Å². The van der Waals surface area contributed by atoms with E-state index in [1.165, 1.54) is 6.26 Å². The Balaban J connectivity index is 1.79. The van der Waals surface area contributed by atoms with E-state index in [9.17, 15) is 4.79 Å². The van der Waals surface area contributed by atoms with Crippen molar-refractivity contribution in [3.05, 3.63) is 84.8 Å². The van der Waals surface area contributed by atoms with Crippen LogP contribution in [0.2, 0.25) is 0 Å². The van der Waals surface area contributed by atoms with Crippen molar-refractivity contribution in [1.82, 2.24) is 5.32 Å². The van der Waals surface area contributed by atoms with E-state index in [0.717, 1.165) is 5.69 Å². The minimum absolute atomic E-state index is 0.342. The van der Waals surface area contributed by atoms with Crippen LogP contribution in [0, 0.1) is 0 Å². The number of furan rings is 1. The summed E-state index contributed by atoms with van der Waals surface area (Å²) in [6.07, 6.45) is 1.53. The lowest BCUT2D eigenvalue weighted by Gasteiger charge is -2.08. The summed E-state index contributed by atoms with van der Waals surface area (Å²) in [5.74, 6) is 0.826. The number of para-hydroxylation sites is 2. The maximum atomic E-state index is 12.2. The third kappa shape index (κ3) is 4.07. The molecule has 2 N–H and O–H groups in total. The molecular weight excluding hydrogens is 290 g/mol. The average molecular weight is 305 g/mol. The number of nitrogens with zero attached hydrogens (tertiary/aromatic N) is 1. The molecule has 0 unspecified atom stereocenters.